The SMILES string of the molecule is Cl.N#Cc1ccc(CNCc2cc(F)cc(F)c2)cc1. The summed E-state index contributed by atoms with van der Waals surface area (Å²) in [5, 5.41) is 11.8. The third kappa shape index (κ3) is 4.61. The first-order valence-corrected chi connectivity index (χ1v) is 5.82. The zero-order valence-corrected chi connectivity index (χ0v) is 11.4. The minimum absolute atomic E-state index is 0. The third-order valence-electron chi connectivity index (χ3n) is 2.66. The summed E-state index contributed by atoms with van der Waals surface area (Å²) in [6, 6.07) is 12.7. The van der Waals surface area contributed by atoms with Crippen LogP contribution in [0.1, 0.15) is 16.7 Å². The fraction of sp³-hybridized carbons (Fsp3) is 0.133. The van der Waals surface area contributed by atoms with Gasteiger partial charge in [0.2, 0.25) is 0 Å². The number of rotatable bonds is 4. The van der Waals surface area contributed by atoms with E-state index in [1.54, 1.807) is 12.1 Å². The number of nitrogens with zero attached hydrogens (tertiary/aromatic N) is 1. The Morgan fingerprint density at radius 2 is 1.45 bits per heavy atom. The van der Waals surface area contributed by atoms with Gasteiger partial charge in [-0.15, -0.1) is 12.4 Å². The first-order valence-electron chi connectivity index (χ1n) is 5.82. The molecule has 104 valence electrons. The highest BCUT2D eigenvalue weighted by Gasteiger charge is 2.00. The minimum atomic E-state index is -0.574. The van der Waals surface area contributed by atoms with Crippen LogP contribution in [-0.2, 0) is 13.1 Å². The summed E-state index contributed by atoms with van der Waals surface area (Å²) in [6.07, 6.45) is 0. The molecular formula is C15H13ClF2N2. The van der Waals surface area contributed by atoms with Gasteiger partial charge in [-0.05, 0) is 35.4 Å². The Balaban J connectivity index is 0.00000200. The van der Waals surface area contributed by atoms with Gasteiger partial charge in [0, 0.05) is 19.2 Å². The average Bonchev–Trinajstić information content (AvgIpc) is 2.38. The van der Waals surface area contributed by atoms with Crippen molar-refractivity contribution >= 4 is 12.4 Å². The lowest BCUT2D eigenvalue weighted by molar-refractivity contribution is 0.575. The van der Waals surface area contributed by atoms with Crippen LogP contribution in [-0.4, -0.2) is 0 Å². The van der Waals surface area contributed by atoms with Crippen molar-refractivity contribution in [2.45, 2.75) is 13.1 Å². The van der Waals surface area contributed by atoms with Crippen LogP contribution >= 0.6 is 12.4 Å². The molecule has 2 rings (SSSR count). The summed E-state index contributed by atoms with van der Waals surface area (Å²) in [5.74, 6) is -1.15. The summed E-state index contributed by atoms with van der Waals surface area (Å²) in [6.45, 7) is 0.957. The topological polar surface area (TPSA) is 35.8 Å². The molecule has 0 aliphatic heterocycles. The molecule has 0 aliphatic rings. The zero-order chi connectivity index (χ0) is 13.7. The fourth-order valence-electron chi connectivity index (χ4n) is 1.76. The van der Waals surface area contributed by atoms with Gasteiger partial charge in [0.05, 0.1) is 11.6 Å². The van der Waals surface area contributed by atoms with Crippen LogP contribution in [0.3, 0.4) is 0 Å². The van der Waals surface area contributed by atoms with Crippen molar-refractivity contribution in [2.24, 2.45) is 0 Å². The molecule has 0 aromatic heterocycles. The largest absolute Gasteiger partial charge is 0.309 e. The molecule has 5 heteroatoms. The van der Waals surface area contributed by atoms with Crippen LogP contribution in [0.2, 0.25) is 0 Å². The number of benzene rings is 2. The Hall–Kier alpha value is -1.96. The van der Waals surface area contributed by atoms with Crippen molar-refractivity contribution in [1.29, 1.82) is 5.26 Å². The summed E-state index contributed by atoms with van der Waals surface area (Å²) >= 11 is 0. The first-order chi connectivity index (χ1) is 9.17. The monoisotopic (exact) mass is 294 g/mol. The van der Waals surface area contributed by atoms with Gasteiger partial charge in [-0.25, -0.2) is 8.78 Å². The van der Waals surface area contributed by atoms with Crippen LogP contribution in [0.4, 0.5) is 8.78 Å². The molecule has 0 radical (unpaired) electrons. The number of nitriles is 1. The average molecular weight is 295 g/mol. The van der Waals surface area contributed by atoms with Gasteiger partial charge < -0.3 is 5.32 Å². The third-order valence-corrected chi connectivity index (χ3v) is 2.66. The number of hydrogen-bond donors (Lipinski definition) is 1. The Morgan fingerprint density at radius 1 is 0.900 bits per heavy atom. The highest BCUT2D eigenvalue weighted by atomic mass is 35.5. The molecule has 0 spiro atoms. The van der Waals surface area contributed by atoms with Crippen molar-refractivity contribution < 1.29 is 8.78 Å². The Morgan fingerprint density at radius 3 is 2.00 bits per heavy atom. The maximum Gasteiger partial charge on any atom is 0.126 e. The summed E-state index contributed by atoms with van der Waals surface area (Å²) in [7, 11) is 0. The van der Waals surface area contributed by atoms with E-state index in [9.17, 15) is 8.78 Å². The van der Waals surface area contributed by atoms with Crippen molar-refractivity contribution in [3.8, 4) is 6.07 Å². The predicted octanol–water partition coefficient (Wildman–Crippen LogP) is 3.55. The Kier molecular flexibility index (Phi) is 6.10. The molecule has 1 N–H and O–H groups in total. The van der Waals surface area contributed by atoms with Crippen molar-refractivity contribution in [2.75, 3.05) is 0 Å². The van der Waals surface area contributed by atoms with Gasteiger partial charge in [0.1, 0.15) is 11.6 Å². The quantitative estimate of drug-likeness (QED) is 0.936. The molecule has 0 unspecified atom stereocenters. The van der Waals surface area contributed by atoms with Crippen molar-refractivity contribution in [3.05, 3.63) is 70.8 Å². The first kappa shape index (κ1) is 16.1. The van der Waals surface area contributed by atoms with E-state index in [2.05, 4.69) is 5.32 Å². The van der Waals surface area contributed by atoms with E-state index in [1.165, 1.54) is 12.1 Å². The van der Waals surface area contributed by atoms with Crippen LogP contribution in [0, 0.1) is 23.0 Å². The van der Waals surface area contributed by atoms with Gasteiger partial charge in [0.25, 0.3) is 0 Å². The molecule has 0 saturated carbocycles. The van der Waals surface area contributed by atoms with Gasteiger partial charge in [-0.3, -0.25) is 0 Å². The number of halogens is 3. The molecule has 0 fully saturated rings. The molecule has 0 bridgehead atoms. The lowest BCUT2D eigenvalue weighted by Crippen LogP contribution is -2.13. The molecule has 0 amide bonds. The lowest BCUT2D eigenvalue weighted by Gasteiger charge is -2.06. The molecule has 2 aromatic carbocycles. The zero-order valence-electron chi connectivity index (χ0n) is 10.6. The number of hydrogen-bond acceptors (Lipinski definition) is 2. The summed E-state index contributed by atoms with van der Waals surface area (Å²) < 4.78 is 25.9. The van der Waals surface area contributed by atoms with E-state index in [4.69, 9.17) is 5.26 Å². The highest BCUT2D eigenvalue weighted by Crippen LogP contribution is 2.08. The molecule has 20 heavy (non-hydrogen) atoms. The highest BCUT2D eigenvalue weighted by molar-refractivity contribution is 5.85. The van der Waals surface area contributed by atoms with Gasteiger partial charge in [-0.1, -0.05) is 12.1 Å². The molecule has 0 saturated heterocycles. The Bertz CT molecular complexity index is 586. The minimum Gasteiger partial charge on any atom is -0.309 e. The van der Waals surface area contributed by atoms with Gasteiger partial charge >= 0.3 is 0 Å². The van der Waals surface area contributed by atoms with E-state index in [0.717, 1.165) is 11.6 Å². The van der Waals surface area contributed by atoms with Crippen molar-refractivity contribution in [1.82, 2.24) is 5.32 Å². The smallest absolute Gasteiger partial charge is 0.126 e. The van der Waals surface area contributed by atoms with E-state index in [0.29, 0.717) is 24.2 Å². The normalized spacial score (nSPS) is 9.65. The fourth-order valence-corrected chi connectivity index (χ4v) is 1.76. The van der Waals surface area contributed by atoms with Crippen LogP contribution in [0.25, 0.3) is 0 Å². The second-order valence-corrected chi connectivity index (χ2v) is 4.19. The standard InChI is InChI=1S/C15H12F2N2.ClH/c16-14-5-13(6-15(17)7-14)10-19-9-12-3-1-11(8-18)2-4-12;/h1-7,19H,9-10H2;1H. The molecule has 2 nitrogen and oxygen atoms in total. The molecule has 2 aromatic rings. The van der Waals surface area contributed by atoms with E-state index in [-0.39, 0.29) is 12.4 Å². The summed E-state index contributed by atoms with van der Waals surface area (Å²) in [4.78, 5) is 0. The number of nitrogens with one attached hydrogen (secondary N) is 1. The van der Waals surface area contributed by atoms with Crippen LogP contribution in [0.15, 0.2) is 42.5 Å². The summed E-state index contributed by atoms with van der Waals surface area (Å²) in [5.41, 5.74) is 2.18. The lowest BCUT2D eigenvalue weighted by atomic mass is 10.1. The molecule has 0 aliphatic carbocycles. The van der Waals surface area contributed by atoms with E-state index < -0.39 is 11.6 Å². The van der Waals surface area contributed by atoms with Gasteiger partial charge in [-0.2, -0.15) is 5.26 Å². The maximum absolute atomic E-state index is 13.0. The van der Waals surface area contributed by atoms with Crippen molar-refractivity contribution in [3.63, 3.8) is 0 Å². The van der Waals surface area contributed by atoms with E-state index in [1.807, 2.05) is 18.2 Å². The van der Waals surface area contributed by atoms with E-state index >= 15 is 0 Å². The van der Waals surface area contributed by atoms with Crippen LogP contribution in [0.5, 0.6) is 0 Å². The second kappa shape index (κ2) is 7.59. The maximum atomic E-state index is 13.0. The van der Waals surface area contributed by atoms with Gasteiger partial charge in [0.15, 0.2) is 0 Å². The molecule has 0 heterocycles. The molecule has 0 atom stereocenters. The molecular weight excluding hydrogens is 282 g/mol. The predicted molar refractivity (Wildman–Crippen MR) is 75.3 cm³/mol. The van der Waals surface area contributed by atoms with Crippen LogP contribution < -0.4 is 5.32 Å². The second-order valence-electron chi connectivity index (χ2n) is 4.19. The Labute approximate surface area is 122 Å².